The zero-order valence-corrected chi connectivity index (χ0v) is 12.0. The van der Waals surface area contributed by atoms with Gasteiger partial charge in [0.1, 0.15) is 5.82 Å². The van der Waals surface area contributed by atoms with Crippen molar-refractivity contribution >= 4 is 21.8 Å². The van der Waals surface area contributed by atoms with Crippen molar-refractivity contribution < 1.29 is 14.3 Å². The Hall–Kier alpha value is -0.940. The molecule has 18 heavy (non-hydrogen) atoms. The fourth-order valence-corrected chi connectivity index (χ4v) is 2.23. The molecule has 0 aromatic heterocycles. The summed E-state index contributed by atoms with van der Waals surface area (Å²) in [6.07, 6.45) is 0.250. The van der Waals surface area contributed by atoms with Crippen LogP contribution in [0.1, 0.15) is 30.6 Å². The summed E-state index contributed by atoms with van der Waals surface area (Å²) in [5.41, 5.74) is 0.403. The van der Waals surface area contributed by atoms with E-state index in [9.17, 15) is 14.3 Å². The average molecular weight is 318 g/mol. The summed E-state index contributed by atoms with van der Waals surface area (Å²) in [7, 11) is 0. The quantitative estimate of drug-likeness (QED) is 0.877. The Bertz CT molecular complexity index is 423. The first-order chi connectivity index (χ1) is 8.40. The Morgan fingerprint density at radius 3 is 2.72 bits per heavy atom. The van der Waals surface area contributed by atoms with Gasteiger partial charge in [0.15, 0.2) is 0 Å². The lowest BCUT2D eigenvalue weighted by atomic mass is 10.0. The maximum Gasteiger partial charge on any atom is 0.252 e. The molecule has 1 amide bonds. The molecule has 0 heterocycles. The first kappa shape index (κ1) is 15.1. The van der Waals surface area contributed by atoms with Crippen LogP contribution in [0.4, 0.5) is 4.39 Å². The van der Waals surface area contributed by atoms with Crippen LogP contribution in [0.3, 0.4) is 0 Å². The molecule has 1 aromatic carbocycles. The van der Waals surface area contributed by atoms with Gasteiger partial charge in [-0.15, -0.1) is 0 Å². The summed E-state index contributed by atoms with van der Waals surface area (Å²) >= 11 is 3.15. The number of aliphatic hydroxyl groups is 1. The summed E-state index contributed by atoms with van der Waals surface area (Å²) in [6, 6.07) is 3.95. The third-order valence-corrected chi connectivity index (χ3v) is 3.19. The second-order valence-electron chi connectivity index (χ2n) is 4.52. The van der Waals surface area contributed by atoms with E-state index < -0.39 is 0 Å². The highest BCUT2D eigenvalue weighted by Gasteiger charge is 2.12. The van der Waals surface area contributed by atoms with Gasteiger partial charge in [-0.05, 0) is 53.4 Å². The Morgan fingerprint density at radius 1 is 1.50 bits per heavy atom. The molecule has 2 N–H and O–H groups in total. The summed E-state index contributed by atoms with van der Waals surface area (Å²) in [5, 5.41) is 12.0. The molecule has 0 saturated heterocycles. The second kappa shape index (κ2) is 6.85. The third kappa shape index (κ3) is 4.74. The standard InChI is InChI=1S/C13H17BrFNO2/c1-8(5-9(2)17)7-16-13(18)11-4-3-10(15)6-12(11)14/h3-4,6,8-9,17H,5,7H2,1-2H3,(H,16,18). The molecule has 3 nitrogen and oxygen atoms in total. The molecule has 0 aliphatic rings. The molecule has 0 aliphatic heterocycles. The number of amides is 1. The lowest BCUT2D eigenvalue weighted by Crippen LogP contribution is -2.29. The maximum atomic E-state index is 12.9. The van der Waals surface area contributed by atoms with Gasteiger partial charge in [0, 0.05) is 11.0 Å². The molecule has 0 fully saturated rings. The molecule has 0 aliphatic carbocycles. The van der Waals surface area contributed by atoms with E-state index in [2.05, 4.69) is 21.2 Å². The van der Waals surface area contributed by atoms with E-state index in [1.165, 1.54) is 18.2 Å². The van der Waals surface area contributed by atoms with Gasteiger partial charge in [-0.3, -0.25) is 4.79 Å². The van der Waals surface area contributed by atoms with Crippen LogP contribution in [0.25, 0.3) is 0 Å². The van der Waals surface area contributed by atoms with Crippen LogP contribution in [0, 0.1) is 11.7 Å². The largest absolute Gasteiger partial charge is 0.393 e. The molecule has 0 radical (unpaired) electrons. The Balaban J connectivity index is 2.55. The minimum atomic E-state index is -0.388. The number of nitrogens with one attached hydrogen (secondary N) is 1. The van der Waals surface area contributed by atoms with Gasteiger partial charge in [-0.25, -0.2) is 4.39 Å². The number of rotatable bonds is 5. The van der Waals surface area contributed by atoms with Crippen LogP contribution in [0.5, 0.6) is 0 Å². The summed E-state index contributed by atoms with van der Waals surface area (Å²) in [4.78, 5) is 11.8. The lowest BCUT2D eigenvalue weighted by molar-refractivity contribution is 0.0938. The fraction of sp³-hybridized carbons (Fsp3) is 0.462. The van der Waals surface area contributed by atoms with Crippen LogP contribution in [0.2, 0.25) is 0 Å². The lowest BCUT2D eigenvalue weighted by Gasteiger charge is -2.14. The molecular formula is C13H17BrFNO2. The molecule has 1 rings (SSSR count). The highest BCUT2D eigenvalue weighted by atomic mass is 79.9. The van der Waals surface area contributed by atoms with Gasteiger partial charge in [-0.1, -0.05) is 6.92 Å². The summed E-state index contributed by atoms with van der Waals surface area (Å²) in [5.74, 6) is -0.451. The maximum absolute atomic E-state index is 12.9. The number of hydrogen-bond acceptors (Lipinski definition) is 2. The Morgan fingerprint density at radius 2 is 2.17 bits per heavy atom. The van der Waals surface area contributed by atoms with E-state index in [1.807, 2.05) is 6.92 Å². The number of aliphatic hydroxyl groups excluding tert-OH is 1. The van der Waals surface area contributed by atoms with Crippen LogP contribution in [0.15, 0.2) is 22.7 Å². The van der Waals surface area contributed by atoms with E-state index in [0.29, 0.717) is 23.0 Å². The SMILES string of the molecule is CC(O)CC(C)CNC(=O)c1ccc(F)cc1Br. The van der Waals surface area contributed by atoms with Crippen molar-refractivity contribution in [3.8, 4) is 0 Å². The highest BCUT2D eigenvalue weighted by Crippen LogP contribution is 2.18. The summed E-state index contributed by atoms with van der Waals surface area (Å²) < 4.78 is 13.3. The predicted molar refractivity (Wildman–Crippen MR) is 71.9 cm³/mol. The highest BCUT2D eigenvalue weighted by molar-refractivity contribution is 9.10. The smallest absolute Gasteiger partial charge is 0.252 e. The van der Waals surface area contributed by atoms with Crippen LogP contribution in [-0.4, -0.2) is 23.7 Å². The van der Waals surface area contributed by atoms with E-state index >= 15 is 0 Å². The normalized spacial score (nSPS) is 14.1. The van der Waals surface area contributed by atoms with E-state index in [0.717, 1.165) is 0 Å². The first-order valence-electron chi connectivity index (χ1n) is 5.81. The summed E-state index contributed by atoms with van der Waals surface area (Å²) in [6.45, 7) is 4.15. The van der Waals surface area contributed by atoms with Gasteiger partial charge < -0.3 is 10.4 Å². The second-order valence-corrected chi connectivity index (χ2v) is 5.38. The molecule has 2 unspecified atom stereocenters. The molecular weight excluding hydrogens is 301 g/mol. The molecule has 0 saturated carbocycles. The van der Waals surface area contributed by atoms with Crippen LogP contribution in [-0.2, 0) is 0 Å². The predicted octanol–water partition coefficient (Wildman–Crippen LogP) is 2.73. The molecule has 5 heteroatoms. The van der Waals surface area contributed by atoms with E-state index in [1.54, 1.807) is 6.92 Å². The van der Waals surface area contributed by atoms with Crippen LogP contribution < -0.4 is 5.32 Å². The molecule has 0 spiro atoms. The zero-order valence-electron chi connectivity index (χ0n) is 10.4. The number of hydrogen-bond donors (Lipinski definition) is 2. The van der Waals surface area contributed by atoms with Crippen molar-refractivity contribution in [2.24, 2.45) is 5.92 Å². The van der Waals surface area contributed by atoms with Crippen molar-refractivity contribution in [1.82, 2.24) is 5.32 Å². The molecule has 2 atom stereocenters. The minimum absolute atomic E-state index is 0.188. The third-order valence-electron chi connectivity index (χ3n) is 2.53. The molecule has 100 valence electrons. The van der Waals surface area contributed by atoms with Crippen molar-refractivity contribution in [3.05, 3.63) is 34.1 Å². The van der Waals surface area contributed by atoms with Gasteiger partial charge in [0.2, 0.25) is 0 Å². The van der Waals surface area contributed by atoms with Gasteiger partial charge >= 0.3 is 0 Å². The first-order valence-corrected chi connectivity index (χ1v) is 6.60. The fourth-order valence-electron chi connectivity index (χ4n) is 1.70. The molecule has 1 aromatic rings. The average Bonchev–Trinajstić information content (AvgIpc) is 2.25. The van der Waals surface area contributed by atoms with Crippen molar-refractivity contribution in [3.63, 3.8) is 0 Å². The van der Waals surface area contributed by atoms with Gasteiger partial charge in [0.05, 0.1) is 11.7 Å². The minimum Gasteiger partial charge on any atom is -0.393 e. The van der Waals surface area contributed by atoms with Gasteiger partial charge in [0.25, 0.3) is 5.91 Å². The number of carbonyl (C=O) groups is 1. The zero-order chi connectivity index (χ0) is 13.7. The monoisotopic (exact) mass is 317 g/mol. The Labute approximate surface area is 115 Å². The van der Waals surface area contributed by atoms with Crippen LogP contribution >= 0.6 is 15.9 Å². The topological polar surface area (TPSA) is 49.3 Å². The van der Waals surface area contributed by atoms with E-state index in [-0.39, 0.29) is 23.7 Å². The van der Waals surface area contributed by atoms with Crippen molar-refractivity contribution in [2.75, 3.05) is 6.54 Å². The van der Waals surface area contributed by atoms with Gasteiger partial charge in [-0.2, -0.15) is 0 Å². The molecule has 0 bridgehead atoms. The number of carbonyl (C=O) groups excluding carboxylic acids is 1. The number of benzene rings is 1. The van der Waals surface area contributed by atoms with Crippen molar-refractivity contribution in [1.29, 1.82) is 0 Å². The number of halogens is 2. The Kier molecular flexibility index (Phi) is 5.75. The van der Waals surface area contributed by atoms with Crippen molar-refractivity contribution in [2.45, 2.75) is 26.4 Å². The van der Waals surface area contributed by atoms with E-state index in [4.69, 9.17) is 0 Å².